The van der Waals surface area contributed by atoms with Crippen LogP contribution in [-0.2, 0) is 6.42 Å². The van der Waals surface area contributed by atoms with Crippen molar-refractivity contribution in [3.05, 3.63) is 63.6 Å². The van der Waals surface area contributed by atoms with E-state index in [0.29, 0.717) is 6.42 Å². The van der Waals surface area contributed by atoms with Gasteiger partial charge in [-0.25, -0.2) is 4.98 Å². The van der Waals surface area contributed by atoms with E-state index in [9.17, 15) is 4.79 Å². The molecule has 1 aromatic heterocycles. The van der Waals surface area contributed by atoms with Crippen molar-refractivity contribution in [3.8, 4) is 0 Å². The zero-order chi connectivity index (χ0) is 13.2. The Morgan fingerprint density at radius 3 is 2.58 bits per heavy atom. The van der Waals surface area contributed by atoms with Gasteiger partial charge < -0.3 is 0 Å². The van der Waals surface area contributed by atoms with Gasteiger partial charge in [0.1, 0.15) is 5.01 Å². The normalized spacial score (nSPS) is 10.8. The van der Waals surface area contributed by atoms with Gasteiger partial charge in [0.2, 0.25) is 0 Å². The van der Waals surface area contributed by atoms with E-state index in [4.69, 9.17) is 0 Å². The molecule has 0 atom stereocenters. The molecule has 0 fully saturated rings. The maximum atomic E-state index is 12.2. The molecule has 0 unspecified atom stereocenters. The van der Waals surface area contributed by atoms with E-state index in [1.54, 1.807) is 11.3 Å². The van der Waals surface area contributed by atoms with Gasteiger partial charge in [0.05, 0.1) is 16.6 Å². The Balaban J connectivity index is 1.84. The lowest BCUT2D eigenvalue weighted by molar-refractivity contribution is 0.0993. The van der Waals surface area contributed by atoms with Crippen LogP contribution in [0.2, 0.25) is 0 Å². The first-order chi connectivity index (χ1) is 9.22. The van der Waals surface area contributed by atoms with Crippen LogP contribution < -0.4 is 0 Å². The third-order valence-electron chi connectivity index (χ3n) is 2.82. The summed E-state index contributed by atoms with van der Waals surface area (Å²) in [5.41, 5.74) is 1.69. The smallest absolute Gasteiger partial charge is 0.169 e. The molecule has 1 heterocycles. The number of thiazole rings is 1. The molecular weight excluding hydrogens is 322 g/mol. The topological polar surface area (TPSA) is 30.0 Å². The highest BCUT2D eigenvalue weighted by atomic mass is 79.9. The van der Waals surface area contributed by atoms with Crippen molar-refractivity contribution in [1.29, 1.82) is 0 Å². The number of carbonyl (C=O) groups is 1. The van der Waals surface area contributed by atoms with Crippen molar-refractivity contribution in [1.82, 2.24) is 4.98 Å². The summed E-state index contributed by atoms with van der Waals surface area (Å²) >= 11 is 4.95. The van der Waals surface area contributed by atoms with Crippen LogP contribution in [0.25, 0.3) is 10.2 Å². The molecule has 0 saturated heterocycles. The quantitative estimate of drug-likeness (QED) is 0.662. The van der Waals surface area contributed by atoms with Crippen LogP contribution in [0.3, 0.4) is 0 Å². The SMILES string of the molecule is O=C(Cc1nc2ccccc2s1)c1ccc(Br)cc1. The molecule has 0 spiro atoms. The van der Waals surface area contributed by atoms with Crippen LogP contribution in [0.15, 0.2) is 53.0 Å². The Labute approximate surface area is 123 Å². The molecule has 0 aliphatic carbocycles. The molecule has 0 saturated carbocycles. The Morgan fingerprint density at radius 2 is 1.84 bits per heavy atom. The van der Waals surface area contributed by atoms with Crippen molar-refractivity contribution in [3.63, 3.8) is 0 Å². The van der Waals surface area contributed by atoms with Gasteiger partial charge in [0.15, 0.2) is 5.78 Å². The summed E-state index contributed by atoms with van der Waals surface area (Å²) in [5.74, 6) is 0.103. The van der Waals surface area contributed by atoms with Crippen LogP contribution in [-0.4, -0.2) is 10.8 Å². The molecule has 2 nitrogen and oxygen atoms in total. The Bertz CT molecular complexity index is 700. The minimum absolute atomic E-state index is 0.103. The summed E-state index contributed by atoms with van der Waals surface area (Å²) in [6.45, 7) is 0. The van der Waals surface area contributed by atoms with Crippen LogP contribution in [0, 0.1) is 0 Å². The summed E-state index contributed by atoms with van der Waals surface area (Å²) in [7, 11) is 0. The molecule has 19 heavy (non-hydrogen) atoms. The second kappa shape index (κ2) is 5.23. The number of Topliss-reactive ketones (excluding diaryl/α,β-unsaturated/α-hetero) is 1. The average Bonchev–Trinajstić information content (AvgIpc) is 2.81. The van der Waals surface area contributed by atoms with Gasteiger partial charge in [0, 0.05) is 10.0 Å². The van der Waals surface area contributed by atoms with Gasteiger partial charge in [-0.3, -0.25) is 4.79 Å². The summed E-state index contributed by atoms with van der Waals surface area (Å²) in [4.78, 5) is 16.6. The van der Waals surface area contributed by atoms with E-state index in [1.165, 1.54) is 0 Å². The molecule has 0 N–H and O–H groups in total. The Kier molecular flexibility index (Phi) is 3.44. The molecule has 0 aliphatic rings. The first-order valence-electron chi connectivity index (χ1n) is 5.85. The van der Waals surface area contributed by atoms with Gasteiger partial charge >= 0.3 is 0 Å². The fourth-order valence-corrected chi connectivity index (χ4v) is 3.10. The maximum Gasteiger partial charge on any atom is 0.169 e. The van der Waals surface area contributed by atoms with E-state index >= 15 is 0 Å². The van der Waals surface area contributed by atoms with Gasteiger partial charge in [-0.2, -0.15) is 0 Å². The van der Waals surface area contributed by atoms with E-state index in [0.717, 1.165) is 25.3 Å². The van der Waals surface area contributed by atoms with Gasteiger partial charge in [-0.15, -0.1) is 11.3 Å². The van der Waals surface area contributed by atoms with Gasteiger partial charge in [-0.05, 0) is 24.3 Å². The number of hydrogen-bond donors (Lipinski definition) is 0. The summed E-state index contributed by atoms with van der Waals surface area (Å²) in [6.07, 6.45) is 0.362. The monoisotopic (exact) mass is 331 g/mol. The number of benzene rings is 2. The fourth-order valence-electron chi connectivity index (χ4n) is 1.87. The first-order valence-corrected chi connectivity index (χ1v) is 7.46. The summed E-state index contributed by atoms with van der Waals surface area (Å²) in [6, 6.07) is 15.4. The number of hydrogen-bond acceptors (Lipinski definition) is 3. The lowest BCUT2D eigenvalue weighted by Gasteiger charge is -1.98. The number of fused-ring (bicyclic) bond motifs is 1. The second-order valence-electron chi connectivity index (χ2n) is 4.18. The molecular formula is C15H10BrNOS. The van der Waals surface area contributed by atoms with E-state index in [-0.39, 0.29) is 5.78 Å². The number of nitrogens with zero attached hydrogens (tertiary/aromatic N) is 1. The predicted molar refractivity (Wildman–Crippen MR) is 81.8 cm³/mol. The standard InChI is InChI=1S/C15H10BrNOS/c16-11-7-5-10(6-8-11)13(18)9-15-17-12-3-1-2-4-14(12)19-15/h1-8H,9H2. The van der Waals surface area contributed by atoms with Crippen LogP contribution >= 0.6 is 27.3 Å². The zero-order valence-corrected chi connectivity index (χ0v) is 12.4. The highest BCUT2D eigenvalue weighted by molar-refractivity contribution is 9.10. The molecule has 3 aromatic rings. The van der Waals surface area contributed by atoms with Crippen LogP contribution in [0.5, 0.6) is 0 Å². The van der Waals surface area contributed by atoms with Crippen molar-refractivity contribution >= 4 is 43.3 Å². The first kappa shape index (κ1) is 12.5. The lowest BCUT2D eigenvalue weighted by Crippen LogP contribution is -2.02. The molecule has 3 rings (SSSR count). The number of para-hydroxylation sites is 1. The number of ketones is 1. The molecule has 4 heteroatoms. The minimum Gasteiger partial charge on any atom is -0.294 e. The van der Waals surface area contributed by atoms with Crippen molar-refractivity contribution in [2.24, 2.45) is 0 Å². The average molecular weight is 332 g/mol. The third-order valence-corrected chi connectivity index (χ3v) is 4.38. The number of rotatable bonds is 3. The predicted octanol–water partition coefficient (Wildman–Crippen LogP) is 4.48. The van der Waals surface area contributed by atoms with Crippen LogP contribution in [0.1, 0.15) is 15.4 Å². The van der Waals surface area contributed by atoms with Crippen molar-refractivity contribution < 1.29 is 4.79 Å². The zero-order valence-electron chi connectivity index (χ0n) is 9.97. The summed E-state index contributed by atoms with van der Waals surface area (Å²) < 4.78 is 2.10. The highest BCUT2D eigenvalue weighted by Gasteiger charge is 2.10. The third kappa shape index (κ3) is 2.74. The highest BCUT2D eigenvalue weighted by Crippen LogP contribution is 2.23. The number of carbonyl (C=O) groups excluding carboxylic acids is 1. The minimum atomic E-state index is 0.103. The van der Waals surface area contributed by atoms with Crippen LogP contribution in [0.4, 0.5) is 0 Å². The van der Waals surface area contributed by atoms with E-state index < -0.39 is 0 Å². The molecule has 0 aliphatic heterocycles. The maximum absolute atomic E-state index is 12.2. The fraction of sp³-hybridized carbons (Fsp3) is 0.0667. The van der Waals surface area contributed by atoms with Gasteiger partial charge in [0.25, 0.3) is 0 Å². The Morgan fingerprint density at radius 1 is 1.11 bits per heavy atom. The second-order valence-corrected chi connectivity index (χ2v) is 6.21. The molecule has 0 amide bonds. The van der Waals surface area contributed by atoms with E-state index in [1.807, 2.05) is 48.5 Å². The molecule has 94 valence electrons. The molecule has 2 aromatic carbocycles. The number of aromatic nitrogens is 1. The largest absolute Gasteiger partial charge is 0.294 e. The van der Waals surface area contributed by atoms with E-state index in [2.05, 4.69) is 20.9 Å². The molecule has 0 radical (unpaired) electrons. The summed E-state index contributed by atoms with van der Waals surface area (Å²) in [5, 5.41) is 0.870. The Hall–Kier alpha value is -1.52. The van der Waals surface area contributed by atoms with Crippen molar-refractivity contribution in [2.75, 3.05) is 0 Å². The lowest BCUT2D eigenvalue weighted by atomic mass is 10.1. The van der Waals surface area contributed by atoms with Crippen molar-refractivity contribution in [2.45, 2.75) is 6.42 Å². The van der Waals surface area contributed by atoms with Gasteiger partial charge in [-0.1, -0.05) is 40.2 Å². The molecule has 0 bridgehead atoms. The number of halogens is 1.